The summed E-state index contributed by atoms with van der Waals surface area (Å²) in [5.74, 6) is 0.523. The summed E-state index contributed by atoms with van der Waals surface area (Å²) in [5.41, 5.74) is 1.34. The first-order valence-corrected chi connectivity index (χ1v) is 12.4. The molecule has 2 unspecified atom stereocenters. The van der Waals surface area contributed by atoms with E-state index in [1.54, 1.807) is 36.9 Å². The average Bonchev–Trinajstić information content (AvgIpc) is 2.92. The van der Waals surface area contributed by atoms with E-state index in [4.69, 9.17) is 0 Å². The largest absolute Gasteiger partial charge is 0.296 e. The zero-order valence-corrected chi connectivity index (χ0v) is 20.1. The van der Waals surface area contributed by atoms with Crippen LogP contribution in [0.2, 0.25) is 0 Å². The predicted molar refractivity (Wildman–Crippen MR) is 130 cm³/mol. The Labute approximate surface area is 201 Å². The number of rotatable bonds is 8. The number of likely N-dealkylation sites (tertiary alicyclic amines) is 2. The molecule has 2 aliphatic heterocycles. The molecule has 0 amide bonds. The molecular formula is C27H34N4O3. The van der Waals surface area contributed by atoms with Crippen molar-refractivity contribution >= 4 is 17.3 Å². The molecule has 0 saturated carbocycles. The Morgan fingerprint density at radius 3 is 1.44 bits per heavy atom. The number of carbonyl (C=O) groups excluding carboxylic acids is 3. The van der Waals surface area contributed by atoms with Crippen molar-refractivity contribution in [2.45, 2.75) is 51.6 Å². The molecule has 7 heteroatoms. The Kier molecular flexibility index (Phi) is 7.95. The summed E-state index contributed by atoms with van der Waals surface area (Å²) >= 11 is 0. The zero-order valence-electron chi connectivity index (χ0n) is 20.1. The molecule has 34 heavy (non-hydrogen) atoms. The fourth-order valence-corrected chi connectivity index (χ4v) is 5.30. The number of nitrogens with zero attached hydrogens (tertiary/aromatic N) is 4. The van der Waals surface area contributed by atoms with Crippen LogP contribution in [0.5, 0.6) is 0 Å². The van der Waals surface area contributed by atoms with Gasteiger partial charge in [0.1, 0.15) is 0 Å². The molecule has 4 heterocycles. The summed E-state index contributed by atoms with van der Waals surface area (Å²) < 4.78 is 0. The zero-order chi connectivity index (χ0) is 24.1. The standard InChI is InChI=1S/C27H34N4O3/c1-19(30-13-7-21(8-14-30)26(33)23-5-3-11-28-17-23)25(32)20(2)31-15-9-22(10-16-31)27(34)24-6-4-12-29-18-24/h3-6,11-12,17-22H,7-10,13-16H2,1-2H3. The molecule has 0 aliphatic carbocycles. The number of ketones is 3. The van der Waals surface area contributed by atoms with E-state index in [1.165, 1.54) is 0 Å². The molecule has 7 nitrogen and oxygen atoms in total. The molecule has 0 bridgehead atoms. The third kappa shape index (κ3) is 5.47. The van der Waals surface area contributed by atoms with Gasteiger partial charge in [0.05, 0.1) is 12.1 Å². The molecule has 0 spiro atoms. The van der Waals surface area contributed by atoms with Gasteiger partial charge in [0.15, 0.2) is 17.3 Å². The topological polar surface area (TPSA) is 83.5 Å². The smallest absolute Gasteiger partial charge is 0.167 e. The summed E-state index contributed by atoms with van der Waals surface area (Å²) in [6, 6.07) is 6.87. The van der Waals surface area contributed by atoms with Gasteiger partial charge in [-0.1, -0.05) is 0 Å². The van der Waals surface area contributed by atoms with Crippen LogP contribution in [-0.2, 0) is 4.79 Å². The summed E-state index contributed by atoms with van der Waals surface area (Å²) in [7, 11) is 0. The number of piperidine rings is 2. The minimum atomic E-state index is -0.181. The van der Waals surface area contributed by atoms with E-state index in [0.29, 0.717) is 11.1 Å². The first kappa shape index (κ1) is 24.4. The van der Waals surface area contributed by atoms with E-state index in [-0.39, 0.29) is 41.3 Å². The molecule has 0 N–H and O–H groups in total. The van der Waals surface area contributed by atoms with E-state index in [9.17, 15) is 14.4 Å². The van der Waals surface area contributed by atoms with Gasteiger partial charge < -0.3 is 0 Å². The maximum atomic E-state index is 13.3. The van der Waals surface area contributed by atoms with Crippen molar-refractivity contribution in [1.29, 1.82) is 0 Å². The van der Waals surface area contributed by atoms with Gasteiger partial charge in [0.2, 0.25) is 0 Å². The second-order valence-corrected chi connectivity index (χ2v) is 9.59. The van der Waals surface area contributed by atoms with Crippen LogP contribution >= 0.6 is 0 Å². The minimum absolute atomic E-state index is 0.00319. The normalized spacial score (nSPS) is 20.5. The van der Waals surface area contributed by atoms with E-state index in [1.807, 2.05) is 26.0 Å². The van der Waals surface area contributed by atoms with Crippen molar-refractivity contribution in [3.8, 4) is 0 Å². The van der Waals surface area contributed by atoms with E-state index in [0.717, 1.165) is 51.9 Å². The Morgan fingerprint density at radius 1 is 0.735 bits per heavy atom. The lowest BCUT2D eigenvalue weighted by Crippen LogP contribution is -2.53. The third-order valence-electron chi connectivity index (χ3n) is 7.61. The number of aromatic nitrogens is 2. The predicted octanol–water partition coefficient (Wildman–Crippen LogP) is 3.31. The SMILES string of the molecule is CC(C(=O)C(C)N1CCC(C(=O)c2cccnc2)CC1)N1CCC(C(=O)c2cccnc2)CC1. The van der Waals surface area contributed by atoms with Crippen LogP contribution in [0.25, 0.3) is 0 Å². The van der Waals surface area contributed by atoms with Crippen molar-refractivity contribution in [3.63, 3.8) is 0 Å². The molecule has 2 aromatic heterocycles. The van der Waals surface area contributed by atoms with Crippen molar-refractivity contribution < 1.29 is 14.4 Å². The molecule has 2 aromatic rings. The first-order valence-electron chi connectivity index (χ1n) is 12.4. The number of carbonyl (C=O) groups is 3. The van der Waals surface area contributed by atoms with Crippen LogP contribution in [0.4, 0.5) is 0 Å². The Morgan fingerprint density at radius 2 is 1.12 bits per heavy atom. The van der Waals surface area contributed by atoms with Gasteiger partial charge in [0, 0.05) is 47.8 Å². The van der Waals surface area contributed by atoms with Crippen LogP contribution in [0.3, 0.4) is 0 Å². The van der Waals surface area contributed by atoms with Gasteiger partial charge in [0.25, 0.3) is 0 Å². The van der Waals surface area contributed by atoms with Gasteiger partial charge in [-0.15, -0.1) is 0 Å². The van der Waals surface area contributed by atoms with Gasteiger partial charge in [-0.3, -0.25) is 34.2 Å². The number of Topliss-reactive ketones (excluding diaryl/α,β-unsaturated/α-hetero) is 3. The fourth-order valence-electron chi connectivity index (χ4n) is 5.30. The van der Waals surface area contributed by atoms with Gasteiger partial charge >= 0.3 is 0 Å². The van der Waals surface area contributed by atoms with Gasteiger partial charge in [-0.2, -0.15) is 0 Å². The molecule has 2 fully saturated rings. The molecular weight excluding hydrogens is 428 g/mol. The van der Waals surface area contributed by atoms with Crippen molar-refractivity contribution in [3.05, 3.63) is 60.2 Å². The van der Waals surface area contributed by atoms with Crippen molar-refractivity contribution in [1.82, 2.24) is 19.8 Å². The van der Waals surface area contributed by atoms with Crippen LogP contribution < -0.4 is 0 Å². The second-order valence-electron chi connectivity index (χ2n) is 9.59. The quantitative estimate of drug-likeness (QED) is 0.557. The maximum Gasteiger partial charge on any atom is 0.167 e. The number of hydrogen-bond donors (Lipinski definition) is 0. The molecule has 2 saturated heterocycles. The van der Waals surface area contributed by atoms with Crippen LogP contribution in [-0.4, -0.2) is 75.4 Å². The molecule has 4 rings (SSSR count). The molecule has 0 radical (unpaired) electrons. The molecule has 2 aliphatic rings. The van der Waals surface area contributed by atoms with Crippen molar-refractivity contribution in [2.24, 2.45) is 11.8 Å². The number of hydrogen-bond acceptors (Lipinski definition) is 7. The first-order chi connectivity index (χ1) is 16.5. The lowest BCUT2D eigenvalue weighted by atomic mass is 9.87. The molecule has 2 atom stereocenters. The van der Waals surface area contributed by atoms with Crippen LogP contribution in [0.1, 0.15) is 60.2 Å². The average molecular weight is 463 g/mol. The maximum absolute atomic E-state index is 13.3. The van der Waals surface area contributed by atoms with E-state index >= 15 is 0 Å². The van der Waals surface area contributed by atoms with Crippen LogP contribution in [0.15, 0.2) is 49.1 Å². The minimum Gasteiger partial charge on any atom is -0.296 e. The highest BCUT2D eigenvalue weighted by Crippen LogP contribution is 2.26. The molecule has 0 aromatic carbocycles. The highest BCUT2D eigenvalue weighted by Gasteiger charge is 2.35. The van der Waals surface area contributed by atoms with Gasteiger partial charge in [-0.05, 0) is 90.0 Å². The summed E-state index contributed by atoms with van der Waals surface area (Å²) in [4.78, 5) is 51.3. The highest BCUT2D eigenvalue weighted by atomic mass is 16.1. The Balaban J connectivity index is 1.25. The number of pyridine rings is 2. The fraction of sp³-hybridized carbons (Fsp3) is 0.519. The van der Waals surface area contributed by atoms with Crippen LogP contribution in [0, 0.1) is 11.8 Å². The van der Waals surface area contributed by atoms with E-state index in [2.05, 4.69) is 19.8 Å². The van der Waals surface area contributed by atoms with E-state index < -0.39 is 0 Å². The third-order valence-corrected chi connectivity index (χ3v) is 7.61. The second kappa shape index (κ2) is 11.1. The summed E-state index contributed by atoms with van der Waals surface area (Å²) in [6.07, 6.45) is 9.68. The Hall–Kier alpha value is -2.77. The molecule has 180 valence electrons. The highest BCUT2D eigenvalue weighted by molar-refractivity contribution is 5.98. The summed E-state index contributed by atoms with van der Waals surface area (Å²) in [6.45, 7) is 6.97. The lowest BCUT2D eigenvalue weighted by molar-refractivity contribution is -0.129. The summed E-state index contributed by atoms with van der Waals surface area (Å²) in [5, 5.41) is 0. The Bertz CT molecular complexity index is 902. The monoisotopic (exact) mass is 462 g/mol. The van der Waals surface area contributed by atoms with Crippen molar-refractivity contribution in [2.75, 3.05) is 26.2 Å². The van der Waals surface area contributed by atoms with Gasteiger partial charge in [-0.25, -0.2) is 0 Å². The lowest BCUT2D eigenvalue weighted by Gasteiger charge is -2.39.